The maximum absolute atomic E-state index is 12.7. The van der Waals surface area contributed by atoms with Crippen LogP contribution in [0.15, 0.2) is 35.3 Å². The zero-order valence-corrected chi connectivity index (χ0v) is 21.1. The summed E-state index contributed by atoms with van der Waals surface area (Å²) in [4.78, 5) is 38.3. The number of amidine groups is 1. The summed E-state index contributed by atoms with van der Waals surface area (Å²) in [6.07, 6.45) is 4.80. The number of carbonyl (C=O) groups is 2. The van der Waals surface area contributed by atoms with Crippen LogP contribution in [-0.4, -0.2) is 71.6 Å². The van der Waals surface area contributed by atoms with Gasteiger partial charge in [0.2, 0.25) is 11.8 Å². The molecule has 6 rings (SSSR count). The summed E-state index contributed by atoms with van der Waals surface area (Å²) in [6, 6.07) is 10.5. The molecule has 7 nitrogen and oxygen atoms in total. The molecule has 0 bridgehead atoms. The Labute approximate surface area is 210 Å². The van der Waals surface area contributed by atoms with Crippen LogP contribution in [0.5, 0.6) is 0 Å². The first kappa shape index (κ1) is 22.7. The van der Waals surface area contributed by atoms with Gasteiger partial charge in [-0.2, -0.15) is 0 Å². The van der Waals surface area contributed by atoms with Gasteiger partial charge in [-0.3, -0.25) is 19.4 Å². The van der Waals surface area contributed by atoms with Gasteiger partial charge in [0.15, 0.2) is 0 Å². The summed E-state index contributed by atoms with van der Waals surface area (Å²) in [5, 5.41) is 4.75. The number of aryl methyl sites for hydroxylation is 1. The molecule has 1 aromatic heterocycles. The van der Waals surface area contributed by atoms with Crippen LogP contribution >= 0.6 is 11.3 Å². The molecule has 3 aliphatic heterocycles. The average molecular weight is 492 g/mol. The molecule has 0 radical (unpaired) electrons. The number of imide groups is 1. The summed E-state index contributed by atoms with van der Waals surface area (Å²) in [5.74, 6) is 1.16. The van der Waals surface area contributed by atoms with Crippen molar-refractivity contribution in [2.45, 2.75) is 39.0 Å². The van der Waals surface area contributed by atoms with Crippen molar-refractivity contribution in [3.8, 4) is 0 Å². The zero-order valence-electron chi connectivity index (χ0n) is 20.3. The first-order valence-corrected chi connectivity index (χ1v) is 13.8. The summed E-state index contributed by atoms with van der Waals surface area (Å²) in [5.41, 5.74) is 3.21. The Hall–Kier alpha value is -2.71. The third kappa shape index (κ3) is 4.27. The van der Waals surface area contributed by atoms with Crippen molar-refractivity contribution in [2.75, 3.05) is 44.6 Å². The third-order valence-corrected chi connectivity index (χ3v) is 8.90. The predicted molar refractivity (Wildman–Crippen MR) is 140 cm³/mol. The van der Waals surface area contributed by atoms with E-state index in [-0.39, 0.29) is 23.7 Å². The lowest BCUT2D eigenvalue weighted by atomic mass is 9.81. The smallest absolute Gasteiger partial charge is 0.233 e. The zero-order chi connectivity index (χ0) is 23.9. The highest BCUT2D eigenvalue weighted by atomic mass is 32.1. The van der Waals surface area contributed by atoms with E-state index in [0.29, 0.717) is 6.54 Å². The Morgan fingerprint density at radius 3 is 2.46 bits per heavy atom. The molecule has 184 valence electrons. The molecule has 3 fully saturated rings. The van der Waals surface area contributed by atoms with Crippen molar-refractivity contribution in [1.82, 2.24) is 14.7 Å². The van der Waals surface area contributed by atoms with E-state index >= 15 is 0 Å². The molecule has 4 aliphatic rings. The van der Waals surface area contributed by atoms with Gasteiger partial charge in [-0.15, -0.1) is 11.3 Å². The fraction of sp³-hybridized carbons (Fsp3) is 0.519. The van der Waals surface area contributed by atoms with Crippen LogP contribution in [0.2, 0.25) is 0 Å². The maximum Gasteiger partial charge on any atom is 0.233 e. The maximum atomic E-state index is 12.7. The van der Waals surface area contributed by atoms with Gasteiger partial charge in [0.05, 0.1) is 28.8 Å². The van der Waals surface area contributed by atoms with Crippen molar-refractivity contribution in [2.24, 2.45) is 16.8 Å². The Bertz CT molecular complexity index is 1140. The molecular formula is C27H33N5O2S. The van der Waals surface area contributed by atoms with E-state index in [1.807, 2.05) is 12.1 Å². The number of likely N-dealkylation sites (tertiary alicyclic amines) is 1. The monoisotopic (exact) mass is 491 g/mol. The summed E-state index contributed by atoms with van der Waals surface area (Å²) >= 11 is 1.78. The van der Waals surface area contributed by atoms with E-state index in [1.54, 1.807) is 16.2 Å². The van der Waals surface area contributed by atoms with Gasteiger partial charge in [-0.25, -0.2) is 4.99 Å². The number of aliphatic imine (C=N–C) groups is 1. The highest BCUT2D eigenvalue weighted by molar-refractivity contribution is 7.16. The van der Waals surface area contributed by atoms with Crippen LogP contribution in [0.4, 0.5) is 16.4 Å². The molecule has 1 aromatic carbocycles. The van der Waals surface area contributed by atoms with Gasteiger partial charge in [-0.1, -0.05) is 25.0 Å². The minimum atomic E-state index is -0.0367. The van der Waals surface area contributed by atoms with Crippen LogP contribution in [0.3, 0.4) is 0 Å². The topological polar surface area (TPSA) is 68.2 Å². The minimum Gasteiger partial charge on any atom is -0.353 e. The molecule has 2 saturated heterocycles. The molecule has 0 spiro atoms. The van der Waals surface area contributed by atoms with Crippen molar-refractivity contribution in [1.29, 1.82) is 0 Å². The Morgan fingerprint density at radius 2 is 1.71 bits per heavy atom. The number of para-hydroxylation sites is 2. The van der Waals surface area contributed by atoms with Crippen LogP contribution in [0.25, 0.3) is 0 Å². The van der Waals surface area contributed by atoms with Crippen LogP contribution in [0.1, 0.15) is 42.5 Å². The summed E-state index contributed by atoms with van der Waals surface area (Å²) < 4.78 is 0. The lowest BCUT2D eigenvalue weighted by molar-refractivity contribution is -0.140. The highest BCUT2D eigenvalue weighted by Gasteiger charge is 2.47. The molecule has 2 amide bonds. The molecule has 2 aromatic rings. The number of fused-ring (bicyclic) bond motifs is 3. The van der Waals surface area contributed by atoms with Gasteiger partial charge in [0.1, 0.15) is 10.8 Å². The van der Waals surface area contributed by atoms with Crippen LogP contribution in [-0.2, 0) is 9.59 Å². The van der Waals surface area contributed by atoms with Crippen LogP contribution in [0, 0.1) is 18.8 Å². The lowest BCUT2D eigenvalue weighted by Gasteiger charge is -2.36. The van der Waals surface area contributed by atoms with Gasteiger partial charge in [0.25, 0.3) is 0 Å². The molecule has 2 unspecified atom stereocenters. The van der Waals surface area contributed by atoms with E-state index in [2.05, 4.69) is 40.2 Å². The first-order chi connectivity index (χ1) is 17.1. The number of anilines is 2. The van der Waals surface area contributed by atoms with Crippen molar-refractivity contribution in [3.05, 3.63) is 40.8 Å². The second-order valence-corrected chi connectivity index (χ2v) is 11.4. The largest absolute Gasteiger partial charge is 0.353 e. The molecule has 1 saturated carbocycles. The second kappa shape index (κ2) is 9.39. The Kier molecular flexibility index (Phi) is 6.10. The number of hydrogen-bond donors (Lipinski definition) is 1. The van der Waals surface area contributed by atoms with Crippen LogP contribution < -0.4 is 5.32 Å². The molecular weight excluding hydrogens is 458 g/mol. The van der Waals surface area contributed by atoms with Crippen molar-refractivity contribution in [3.63, 3.8) is 0 Å². The average Bonchev–Trinajstić information content (AvgIpc) is 3.30. The van der Waals surface area contributed by atoms with Crippen molar-refractivity contribution >= 4 is 45.4 Å². The van der Waals surface area contributed by atoms with E-state index in [9.17, 15) is 9.59 Å². The molecule has 1 N–H and O–H groups in total. The number of thiophene rings is 1. The fourth-order valence-corrected chi connectivity index (χ4v) is 6.99. The fourth-order valence-electron chi connectivity index (χ4n) is 6.07. The molecule has 2 atom stereocenters. The minimum absolute atomic E-state index is 0.0367. The number of benzene rings is 1. The van der Waals surface area contributed by atoms with Gasteiger partial charge in [-0.05, 0) is 50.9 Å². The summed E-state index contributed by atoms with van der Waals surface area (Å²) in [6.45, 7) is 7.38. The van der Waals surface area contributed by atoms with Gasteiger partial charge >= 0.3 is 0 Å². The molecule has 35 heavy (non-hydrogen) atoms. The number of piperazine rings is 1. The summed E-state index contributed by atoms with van der Waals surface area (Å²) in [7, 11) is 0. The Morgan fingerprint density at radius 1 is 1.00 bits per heavy atom. The standard InChI is InChI=1S/C27H33N5O2S/c1-18-17-21-24(28-22-9-4-5-10-23(22)29-25(21)35-18)31-15-13-30(14-16-31)11-6-12-32-26(33)19-7-2-3-8-20(19)27(32)34/h4-5,9-10,17,19-20,29H,2-3,6-8,11-16H2,1H3. The second-order valence-electron chi connectivity index (χ2n) is 10.2. The number of nitrogens with zero attached hydrogens (tertiary/aromatic N) is 4. The Balaban J connectivity index is 1.07. The normalized spacial score (nSPS) is 24.4. The van der Waals surface area contributed by atoms with Gasteiger partial charge in [0, 0.05) is 37.6 Å². The lowest BCUT2D eigenvalue weighted by Crippen LogP contribution is -2.49. The number of hydrogen-bond acceptors (Lipinski definition) is 7. The van der Waals surface area contributed by atoms with E-state index in [1.165, 1.54) is 10.4 Å². The van der Waals surface area contributed by atoms with Crippen molar-refractivity contribution < 1.29 is 9.59 Å². The molecule has 1 aliphatic carbocycles. The molecule has 8 heteroatoms. The number of carbonyl (C=O) groups excluding carboxylic acids is 2. The van der Waals surface area contributed by atoms with E-state index < -0.39 is 0 Å². The predicted octanol–water partition coefficient (Wildman–Crippen LogP) is 4.37. The molecule has 4 heterocycles. The third-order valence-electron chi connectivity index (χ3n) is 7.94. The van der Waals surface area contributed by atoms with Gasteiger partial charge < -0.3 is 10.2 Å². The first-order valence-electron chi connectivity index (χ1n) is 13.0. The number of rotatable bonds is 4. The van der Waals surface area contributed by atoms with E-state index in [0.717, 1.165) is 87.0 Å². The quantitative estimate of drug-likeness (QED) is 0.643. The SMILES string of the molecule is Cc1cc2c(s1)Nc1ccccc1N=C2N1CCN(CCCN2C(=O)C3CCCCC3C2=O)CC1. The number of nitrogens with one attached hydrogen (secondary N) is 1. The van der Waals surface area contributed by atoms with E-state index in [4.69, 9.17) is 4.99 Å². The number of amides is 2. The highest BCUT2D eigenvalue weighted by Crippen LogP contribution is 2.40.